The lowest BCUT2D eigenvalue weighted by molar-refractivity contribution is 0.475. The largest absolute Gasteiger partial charge is 0.508 e. The van der Waals surface area contributed by atoms with Crippen LogP contribution in [0.15, 0.2) is 54.7 Å². The van der Waals surface area contributed by atoms with Crippen LogP contribution in [0.3, 0.4) is 0 Å². The van der Waals surface area contributed by atoms with Gasteiger partial charge in [0.05, 0.1) is 5.69 Å². The predicted molar refractivity (Wildman–Crippen MR) is 80.6 cm³/mol. The molecule has 0 atom stereocenters. The molecule has 0 amide bonds. The molecule has 0 aliphatic rings. The Morgan fingerprint density at radius 1 is 0.857 bits per heavy atom. The number of benzene rings is 2. The maximum Gasteiger partial charge on any atom is 0.220 e. The van der Waals surface area contributed by atoms with E-state index in [0.717, 1.165) is 11.1 Å². The molecule has 21 heavy (non-hydrogen) atoms. The Bertz CT molecular complexity index is 786. The molecule has 104 valence electrons. The Morgan fingerprint density at radius 2 is 1.57 bits per heavy atom. The summed E-state index contributed by atoms with van der Waals surface area (Å²) in [5.41, 5.74) is 8.35. The van der Waals surface area contributed by atoms with Gasteiger partial charge in [-0.1, -0.05) is 24.3 Å². The standard InChI is InChI=1S/C16H13N3O2/c17-16-18-9-13(10-5-7-11(20)8-6-10)15(19-16)12-3-1-2-4-14(12)21/h1-9,20-21H,(H2,17,18,19). The highest BCUT2D eigenvalue weighted by Crippen LogP contribution is 2.35. The number of nitrogens with two attached hydrogens (primary N) is 1. The fraction of sp³-hybridized carbons (Fsp3) is 0. The van der Waals surface area contributed by atoms with Crippen LogP contribution in [0.5, 0.6) is 11.5 Å². The number of hydrogen-bond acceptors (Lipinski definition) is 5. The summed E-state index contributed by atoms with van der Waals surface area (Å²) in [5, 5.41) is 19.4. The van der Waals surface area contributed by atoms with Gasteiger partial charge < -0.3 is 15.9 Å². The smallest absolute Gasteiger partial charge is 0.220 e. The zero-order valence-electron chi connectivity index (χ0n) is 11.1. The highest BCUT2D eigenvalue weighted by Gasteiger charge is 2.13. The van der Waals surface area contributed by atoms with Gasteiger partial charge in [0.1, 0.15) is 11.5 Å². The third-order valence-corrected chi connectivity index (χ3v) is 3.14. The number of hydrogen-bond donors (Lipinski definition) is 3. The Kier molecular flexibility index (Phi) is 3.16. The molecular formula is C16H13N3O2. The summed E-state index contributed by atoms with van der Waals surface area (Å²) in [4.78, 5) is 8.26. The summed E-state index contributed by atoms with van der Waals surface area (Å²) in [6, 6.07) is 13.6. The van der Waals surface area contributed by atoms with Crippen molar-refractivity contribution in [2.24, 2.45) is 0 Å². The summed E-state index contributed by atoms with van der Waals surface area (Å²) < 4.78 is 0. The number of aromatic hydroxyl groups is 2. The second-order valence-corrected chi connectivity index (χ2v) is 4.55. The summed E-state index contributed by atoms with van der Waals surface area (Å²) >= 11 is 0. The molecule has 4 N–H and O–H groups in total. The number of rotatable bonds is 2. The molecule has 0 saturated heterocycles. The van der Waals surface area contributed by atoms with Crippen molar-refractivity contribution in [1.29, 1.82) is 0 Å². The van der Waals surface area contributed by atoms with Crippen LogP contribution in [0, 0.1) is 0 Å². The third kappa shape index (κ3) is 2.49. The van der Waals surface area contributed by atoms with Crippen molar-refractivity contribution in [3.63, 3.8) is 0 Å². The van der Waals surface area contributed by atoms with Gasteiger partial charge in [0.2, 0.25) is 5.95 Å². The van der Waals surface area contributed by atoms with Crippen LogP contribution in [-0.4, -0.2) is 20.2 Å². The van der Waals surface area contributed by atoms with E-state index in [2.05, 4.69) is 9.97 Å². The first-order valence-electron chi connectivity index (χ1n) is 6.35. The Morgan fingerprint density at radius 3 is 2.29 bits per heavy atom. The lowest BCUT2D eigenvalue weighted by Gasteiger charge is -2.10. The Balaban J connectivity index is 2.23. The zero-order valence-corrected chi connectivity index (χ0v) is 11.1. The highest BCUT2D eigenvalue weighted by atomic mass is 16.3. The number of nitrogens with zero attached hydrogens (tertiary/aromatic N) is 2. The number of phenolic OH excluding ortho intramolecular Hbond substituents is 2. The average Bonchev–Trinajstić information content (AvgIpc) is 2.49. The summed E-state index contributed by atoms with van der Waals surface area (Å²) in [5.74, 6) is 0.436. The van der Waals surface area contributed by atoms with E-state index >= 15 is 0 Å². The normalized spacial score (nSPS) is 10.5. The van der Waals surface area contributed by atoms with E-state index in [1.165, 1.54) is 0 Å². The molecule has 0 saturated carbocycles. The molecular weight excluding hydrogens is 266 g/mol. The Labute approximate surface area is 121 Å². The first kappa shape index (κ1) is 12.9. The van der Waals surface area contributed by atoms with Gasteiger partial charge in [0, 0.05) is 17.3 Å². The van der Waals surface area contributed by atoms with Crippen molar-refractivity contribution in [2.45, 2.75) is 0 Å². The molecule has 1 heterocycles. The molecule has 2 aromatic carbocycles. The van der Waals surface area contributed by atoms with Gasteiger partial charge in [-0.25, -0.2) is 9.97 Å². The molecule has 0 radical (unpaired) electrons. The first-order valence-corrected chi connectivity index (χ1v) is 6.35. The van der Waals surface area contributed by atoms with Gasteiger partial charge in [-0.05, 0) is 29.8 Å². The first-order chi connectivity index (χ1) is 10.1. The minimum absolute atomic E-state index is 0.121. The van der Waals surface area contributed by atoms with Crippen LogP contribution in [0.2, 0.25) is 0 Å². The van der Waals surface area contributed by atoms with Gasteiger partial charge in [0.25, 0.3) is 0 Å². The van der Waals surface area contributed by atoms with Crippen molar-refractivity contribution in [3.05, 3.63) is 54.7 Å². The van der Waals surface area contributed by atoms with E-state index in [0.29, 0.717) is 11.3 Å². The topological polar surface area (TPSA) is 92.3 Å². The number of anilines is 1. The Hall–Kier alpha value is -3.08. The van der Waals surface area contributed by atoms with Crippen LogP contribution in [0.25, 0.3) is 22.4 Å². The molecule has 3 rings (SSSR count). The second kappa shape index (κ2) is 5.13. The van der Waals surface area contributed by atoms with Crippen molar-refractivity contribution < 1.29 is 10.2 Å². The fourth-order valence-corrected chi connectivity index (χ4v) is 2.13. The minimum Gasteiger partial charge on any atom is -0.508 e. The van der Waals surface area contributed by atoms with E-state index in [-0.39, 0.29) is 17.4 Å². The molecule has 0 bridgehead atoms. The number of phenols is 2. The lowest BCUT2D eigenvalue weighted by atomic mass is 10.00. The molecule has 0 aliphatic heterocycles. The van der Waals surface area contributed by atoms with Crippen LogP contribution in [-0.2, 0) is 0 Å². The SMILES string of the molecule is Nc1ncc(-c2ccc(O)cc2)c(-c2ccccc2O)n1. The second-order valence-electron chi connectivity index (χ2n) is 4.55. The van der Waals surface area contributed by atoms with E-state index in [1.807, 2.05) is 6.07 Å². The molecule has 0 fully saturated rings. The van der Waals surface area contributed by atoms with E-state index < -0.39 is 0 Å². The van der Waals surface area contributed by atoms with Crippen LogP contribution >= 0.6 is 0 Å². The van der Waals surface area contributed by atoms with Crippen molar-refractivity contribution in [2.75, 3.05) is 5.73 Å². The van der Waals surface area contributed by atoms with Gasteiger partial charge in [0.15, 0.2) is 0 Å². The van der Waals surface area contributed by atoms with Gasteiger partial charge >= 0.3 is 0 Å². The minimum atomic E-state index is 0.121. The lowest BCUT2D eigenvalue weighted by Crippen LogP contribution is -1.98. The molecule has 0 aliphatic carbocycles. The maximum absolute atomic E-state index is 10.0. The van der Waals surface area contributed by atoms with Gasteiger partial charge in [-0.3, -0.25) is 0 Å². The van der Waals surface area contributed by atoms with Crippen molar-refractivity contribution in [3.8, 4) is 33.9 Å². The molecule has 1 aromatic heterocycles. The van der Waals surface area contributed by atoms with Crippen LogP contribution in [0.1, 0.15) is 0 Å². The number of para-hydroxylation sites is 1. The van der Waals surface area contributed by atoms with E-state index in [4.69, 9.17) is 5.73 Å². The highest BCUT2D eigenvalue weighted by molar-refractivity contribution is 5.83. The monoisotopic (exact) mass is 279 g/mol. The molecule has 5 nitrogen and oxygen atoms in total. The number of nitrogen functional groups attached to an aromatic ring is 1. The molecule has 3 aromatic rings. The molecule has 0 unspecified atom stereocenters. The number of aromatic nitrogens is 2. The quantitative estimate of drug-likeness (QED) is 0.670. The van der Waals surface area contributed by atoms with E-state index in [9.17, 15) is 10.2 Å². The van der Waals surface area contributed by atoms with Crippen molar-refractivity contribution >= 4 is 5.95 Å². The van der Waals surface area contributed by atoms with Gasteiger partial charge in [-0.15, -0.1) is 0 Å². The van der Waals surface area contributed by atoms with Gasteiger partial charge in [-0.2, -0.15) is 0 Å². The molecule has 0 spiro atoms. The predicted octanol–water partition coefficient (Wildman–Crippen LogP) is 2.80. The zero-order chi connectivity index (χ0) is 14.8. The van der Waals surface area contributed by atoms with E-state index in [1.54, 1.807) is 48.7 Å². The molecule has 5 heteroatoms. The fourth-order valence-electron chi connectivity index (χ4n) is 2.13. The van der Waals surface area contributed by atoms with Crippen LogP contribution < -0.4 is 5.73 Å². The summed E-state index contributed by atoms with van der Waals surface area (Å²) in [6.45, 7) is 0. The van der Waals surface area contributed by atoms with Crippen molar-refractivity contribution in [1.82, 2.24) is 9.97 Å². The average molecular weight is 279 g/mol. The summed E-state index contributed by atoms with van der Waals surface area (Å²) in [6.07, 6.45) is 1.61. The summed E-state index contributed by atoms with van der Waals surface area (Å²) in [7, 11) is 0. The third-order valence-electron chi connectivity index (χ3n) is 3.14. The van der Waals surface area contributed by atoms with Crippen LogP contribution in [0.4, 0.5) is 5.95 Å². The maximum atomic E-state index is 10.0.